The summed E-state index contributed by atoms with van der Waals surface area (Å²) in [6, 6.07) is 7.61. The topological polar surface area (TPSA) is 67.2 Å². The van der Waals surface area contributed by atoms with E-state index in [-0.39, 0.29) is 18.4 Å². The van der Waals surface area contributed by atoms with Crippen LogP contribution in [-0.4, -0.2) is 20.6 Å². The Bertz CT molecular complexity index is 636. The molecule has 1 amide bonds. The predicted octanol–water partition coefficient (Wildman–Crippen LogP) is 1.25. The van der Waals surface area contributed by atoms with Gasteiger partial charge in [0.25, 0.3) is 0 Å². The molecule has 1 unspecified atom stereocenters. The number of aliphatic hydroxyl groups is 1. The summed E-state index contributed by atoms with van der Waals surface area (Å²) in [7, 11) is 0. The lowest BCUT2D eigenvalue weighted by molar-refractivity contribution is -0.125. The van der Waals surface area contributed by atoms with Gasteiger partial charge >= 0.3 is 0 Å². The summed E-state index contributed by atoms with van der Waals surface area (Å²) in [6.45, 7) is 1.31. The van der Waals surface area contributed by atoms with Crippen LogP contribution in [0.5, 0.6) is 0 Å². The maximum absolute atomic E-state index is 12.3. The lowest BCUT2D eigenvalue weighted by Crippen LogP contribution is -2.35. The van der Waals surface area contributed by atoms with Crippen LogP contribution < -0.4 is 5.32 Å². The summed E-state index contributed by atoms with van der Waals surface area (Å²) < 4.78 is 2.10. The molecule has 3 rings (SSSR count). The number of hydrogen-bond acceptors (Lipinski definition) is 3. The number of fused-ring (bicyclic) bond motifs is 1. The molecule has 2 heterocycles. The molecule has 2 aromatic rings. The molecule has 1 aromatic heterocycles. The number of aryl methyl sites for hydroxylation is 1. The van der Waals surface area contributed by atoms with Crippen molar-refractivity contribution in [3.63, 3.8) is 0 Å². The average molecular weight is 285 g/mol. The standard InChI is InChI=1S/C16H19N3O2/c20-10-14-4-2-1-3-13(14)8-18-16(21)12-5-6-19-11-17-9-15(19)7-12/h1-4,9,11-12,20H,5-8,10H2,(H,18,21). The minimum absolute atomic E-state index is 0.00530. The molecule has 1 aromatic carbocycles. The Balaban J connectivity index is 1.60. The van der Waals surface area contributed by atoms with Gasteiger partial charge in [-0.05, 0) is 17.5 Å². The van der Waals surface area contributed by atoms with Gasteiger partial charge in [-0.3, -0.25) is 4.79 Å². The number of aliphatic hydroxyl groups excluding tert-OH is 1. The number of imidazole rings is 1. The van der Waals surface area contributed by atoms with E-state index in [1.807, 2.05) is 36.8 Å². The normalized spacial score (nSPS) is 17.3. The molecule has 5 heteroatoms. The van der Waals surface area contributed by atoms with E-state index >= 15 is 0 Å². The number of carbonyl (C=O) groups excluding carboxylic acids is 1. The van der Waals surface area contributed by atoms with Crippen molar-refractivity contribution in [2.45, 2.75) is 32.5 Å². The summed E-state index contributed by atoms with van der Waals surface area (Å²) in [6.07, 6.45) is 5.24. The average Bonchev–Trinajstić information content (AvgIpc) is 3.00. The number of nitrogens with zero attached hydrogens (tertiary/aromatic N) is 2. The van der Waals surface area contributed by atoms with Crippen LogP contribution >= 0.6 is 0 Å². The maximum atomic E-state index is 12.3. The molecule has 2 N–H and O–H groups in total. The van der Waals surface area contributed by atoms with Crippen LogP contribution in [0.4, 0.5) is 0 Å². The molecule has 0 bridgehead atoms. The lowest BCUT2D eigenvalue weighted by atomic mass is 9.95. The Morgan fingerprint density at radius 2 is 2.19 bits per heavy atom. The van der Waals surface area contributed by atoms with Crippen molar-refractivity contribution < 1.29 is 9.90 Å². The van der Waals surface area contributed by atoms with Gasteiger partial charge in [-0.2, -0.15) is 0 Å². The molecule has 0 aliphatic carbocycles. The SMILES string of the molecule is O=C(NCc1ccccc1CO)C1CCn2cncc2C1. The van der Waals surface area contributed by atoms with Crippen LogP contribution in [0.1, 0.15) is 23.2 Å². The fourth-order valence-electron chi connectivity index (χ4n) is 2.80. The molecule has 0 saturated carbocycles. The van der Waals surface area contributed by atoms with Gasteiger partial charge in [-0.25, -0.2) is 4.98 Å². The van der Waals surface area contributed by atoms with Gasteiger partial charge < -0.3 is 15.0 Å². The van der Waals surface area contributed by atoms with E-state index in [1.165, 1.54) is 0 Å². The lowest BCUT2D eigenvalue weighted by Gasteiger charge is -2.23. The van der Waals surface area contributed by atoms with Crippen LogP contribution in [-0.2, 0) is 30.9 Å². The Morgan fingerprint density at radius 1 is 1.38 bits per heavy atom. The molecule has 0 radical (unpaired) electrons. The minimum Gasteiger partial charge on any atom is -0.392 e. The molecule has 21 heavy (non-hydrogen) atoms. The fourth-order valence-corrected chi connectivity index (χ4v) is 2.80. The highest BCUT2D eigenvalue weighted by atomic mass is 16.3. The molecule has 0 spiro atoms. The summed E-state index contributed by atoms with van der Waals surface area (Å²) in [5.41, 5.74) is 2.95. The van der Waals surface area contributed by atoms with E-state index in [4.69, 9.17) is 0 Å². The van der Waals surface area contributed by atoms with Gasteiger partial charge in [0.2, 0.25) is 5.91 Å². The summed E-state index contributed by atoms with van der Waals surface area (Å²) in [5, 5.41) is 12.3. The third-order valence-electron chi connectivity index (χ3n) is 4.09. The van der Waals surface area contributed by atoms with Gasteiger partial charge in [-0.15, -0.1) is 0 Å². The van der Waals surface area contributed by atoms with E-state index < -0.39 is 0 Å². The largest absolute Gasteiger partial charge is 0.392 e. The van der Waals surface area contributed by atoms with Crippen LogP contribution in [0.25, 0.3) is 0 Å². The van der Waals surface area contributed by atoms with Gasteiger partial charge in [0.15, 0.2) is 0 Å². The molecule has 1 aliphatic heterocycles. The highest BCUT2D eigenvalue weighted by Gasteiger charge is 2.24. The quantitative estimate of drug-likeness (QED) is 0.888. The zero-order chi connectivity index (χ0) is 14.7. The van der Waals surface area contributed by atoms with E-state index in [2.05, 4.69) is 14.9 Å². The van der Waals surface area contributed by atoms with Gasteiger partial charge in [0.05, 0.1) is 12.9 Å². The first-order chi connectivity index (χ1) is 10.3. The monoisotopic (exact) mass is 285 g/mol. The van der Waals surface area contributed by atoms with Crippen LogP contribution in [0.3, 0.4) is 0 Å². The molecule has 110 valence electrons. The number of amides is 1. The smallest absolute Gasteiger partial charge is 0.223 e. The second-order valence-corrected chi connectivity index (χ2v) is 5.41. The van der Waals surface area contributed by atoms with Crippen LogP contribution in [0.2, 0.25) is 0 Å². The number of rotatable bonds is 4. The Labute approximate surface area is 123 Å². The Morgan fingerprint density at radius 3 is 3.00 bits per heavy atom. The van der Waals surface area contributed by atoms with E-state index in [9.17, 15) is 9.90 Å². The van der Waals surface area contributed by atoms with Crippen molar-refractivity contribution in [1.82, 2.24) is 14.9 Å². The van der Waals surface area contributed by atoms with Crippen molar-refractivity contribution in [2.75, 3.05) is 0 Å². The van der Waals surface area contributed by atoms with Gasteiger partial charge in [0.1, 0.15) is 0 Å². The predicted molar refractivity (Wildman–Crippen MR) is 78.2 cm³/mol. The van der Waals surface area contributed by atoms with Crippen molar-refractivity contribution >= 4 is 5.91 Å². The van der Waals surface area contributed by atoms with Gasteiger partial charge in [0, 0.05) is 37.3 Å². The number of nitrogens with one attached hydrogen (secondary N) is 1. The first-order valence-electron chi connectivity index (χ1n) is 7.22. The fraction of sp³-hybridized carbons (Fsp3) is 0.375. The van der Waals surface area contributed by atoms with Crippen LogP contribution in [0.15, 0.2) is 36.8 Å². The minimum atomic E-state index is -0.00530. The summed E-state index contributed by atoms with van der Waals surface area (Å²) in [5.74, 6) is 0.0886. The second-order valence-electron chi connectivity index (χ2n) is 5.41. The third kappa shape index (κ3) is 2.97. The number of aromatic nitrogens is 2. The molecule has 1 atom stereocenters. The highest BCUT2D eigenvalue weighted by Crippen LogP contribution is 2.20. The molecule has 0 saturated heterocycles. The van der Waals surface area contributed by atoms with Gasteiger partial charge in [-0.1, -0.05) is 24.3 Å². The van der Waals surface area contributed by atoms with E-state index in [0.29, 0.717) is 6.54 Å². The number of hydrogen-bond donors (Lipinski definition) is 2. The second kappa shape index (κ2) is 6.10. The molecule has 0 fully saturated rings. The van der Waals surface area contributed by atoms with Crippen molar-refractivity contribution in [3.05, 3.63) is 53.6 Å². The highest BCUT2D eigenvalue weighted by molar-refractivity contribution is 5.79. The van der Waals surface area contributed by atoms with Crippen molar-refractivity contribution in [3.8, 4) is 0 Å². The molecule has 5 nitrogen and oxygen atoms in total. The zero-order valence-corrected chi connectivity index (χ0v) is 11.8. The van der Waals surface area contributed by atoms with E-state index in [1.54, 1.807) is 0 Å². The number of benzene rings is 1. The Kier molecular flexibility index (Phi) is 4.01. The van der Waals surface area contributed by atoms with Crippen molar-refractivity contribution in [1.29, 1.82) is 0 Å². The Hall–Kier alpha value is -2.14. The molecule has 1 aliphatic rings. The van der Waals surface area contributed by atoms with Crippen LogP contribution in [0, 0.1) is 5.92 Å². The molecular formula is C16H19N3O2. The number of carbonyl (C=O) groups is 1. The summed E-state index contributed by atoms with van der Waals surface area (Å²) >= 11 is 0. The first kappa shape index (κ1) is 13.8. The first-order valence-corrected chi connectivity index (χ1v) is 7.22. The van der Waals surface area contributed by atoms with E-state index in [0.717, 1.165) is 36.2 Å². The maximum Gasteiger partial charge on any atom is 0.223 e. The van der Waals surface area contributed by atoms with Crippen molar-refractivity contribution in [2.24, 2.45) is 5.92 Å². The molecular weight excluding hydrogens is 266 g/mol. The zero-order valence-electron chi connectivity index (χ0n) is 11.8. The summed E-state index contributed by atoms with van der Waals surface area (Å²) in [4.78, 5) is 16.4. The third-order valence-corrected chi connectivity index (χ3v) is 4.09.